The van der Waals surface area contributed by atoms with Crippen LogP contribution in [0.2, 0.25) is 0 Å². The predicted molar refractivity (Wildman–Crippen MR) is 97.3 cm³/mol. The molecule has 0 aliphatic heterocycles. The Labute approximate surface area is 145 Å². The lowest BCUT2D eigenvalue weighted by Crippen LogP contribution is -2.38. The molecule has 0 radical (unpaired) electrons. The Balaban J connectivity index is 1.95. The van der Waals surface area contributed by atoms with Crippen LogP contribution in [0.15, 0.2) is 60.7 Å². The van der Waals surface area contributed by atoms with E-state index in [2.05, 4.69) is 0 Å². The molecule has 0 unspecified atom stereocenters. The Morgan fingerprint density at radius 2 is 0.846 bits per heavy atom. The molecule has 0 heterocycles. The summed E-state index contributed by atoms with van der Waals surface area (Å²) >= 11 is 0. The molecule has 0 spiro atoms. The smallest absolute Gasteiger partial charge is 0.264 e. The summed E-state index contributed by atoms with van der Waals surface area (Å²) in [5.41, 5.74) is 0. The van der Waals surface area contributed by atoms with Crippen molar-refractivity contribution in [1.82, 2.24) is 0 Å². The van der Waals surface area contributed by atoms with Crippen LogP contribution in [0, 0.1) is 0 Å². The number of carbonyl (C=O) groups is 2. The van der Waals surface area contributed by atoms with Gasteiger partial charge in [-0.05, 0) is 68.7 Å². The molecule has 0 fully saturated rings. The van der Waals surface area contributed by atoms with Gasteiger partial charge in [0.15, 0.2) is 11.7 Å². The zero-order chi connectivity index (χ0) is 18.0. The summed E-state index contributed by atoms with van der Waals surface area (Å²) in [6.45, 7) is 0. The first-order valence-corrected chi connectivity index (χ1v) is 8.08. The molecular formula is C22H10F2O2. The van der Waals surface area contributed by atoms with Gasteiger partial charge in [-0.15, -0.1) is 0 Å². The molecule has 1 aliphatic rings. The third-order valence-corrected chi connectivity index (χ3v) is 4.87. The molecule has 26 heavy (non-hydrogen) atoms. The van der Waals surface area contributed by atoms with Gasteiger partial charge in [0.25, 0.3) is 11.6 Å². The number of Topliss-reactive ketones (excluding diaryl/α,β-unsaturated/α-hetero) is 2. The largest absolute Gasteiger partial charge is 0.282 e. The van der Waals surface area contributed by atoms with Crippen LogP contribution in [0.4, 0.5) is 8.78 Å². The maximum absolute atomic E-state index is 14.2. The molecule has 0 aromatic heterocycles. The van der Waals surface area contributed by atoms with Gasteiger partial charge in [-0.3, -0.25) is 9.59 Å². The second-order valence-electron chi connectivity index (χ2n) is 6.43. The fourth-order valence-corrected chi connectivity index (χ4v) is 3.55. The summed E-state index contributed by atoms with van der Waals surface area (Å²) in [5, 5.41) is 5.09. The Hall–Kier alpha value is -3.40. The monoisotopic (exact) mass is 344 g/mol. The van der Waals surface area contributed by atoms with Crippen molar-refractivity contribution in [3.63, 3.8) is 0 Å². The zero-order valence-electron chi connectivity index (χ0n) is 13.3. The maximum atomic E-state index is 14.2. The summed E-state index contributed by atoms with van der Waals surface area (Å²) in [5.74, 6) is -5.26. The maximum Gasteiger partial charge on any atom is 0.264 e. The number of fused-ring (bicyclic) bond motifs is 4. The Morgan fingerprint density at radius 3 is 1.27 bits per heavy atom. The number of hydrogen-bond acceptors (Lipinski definition) is 2. The molecule has 4 aromatic rings. The van der Waals surface area contributed by atoms with Gasteiger partial charge in [-0.1, -0.05) is 24.3 Å². The SMILES string of the molecule is O=C1C(=O)C(F)=c2cc3cc4cc5ccccc5cc4cc3cc2=C1F. The van der Waals surface area contributed by atoms with E-state index in [1.165, 1.54) is 12.1 Å². The highest BCUT2D eigenvalue weighted by Gasteiger charge is 2.29. The van der Waals surface area contributed by atoms with E-state index in [-0.39, 0.29) is 10.4 Å². The van der Waals surface area contributed by atoms with Crippen LogP contribution in [0.25, 0.3) is 44.0 Å². The highest BCUT2D eigenvalue weighted by molar-refractivity contribution is 6.61. The molecule has 0 saturated carbocycles. The van der Waals surface area contributed by atoms with Crippen molar-refractivity contribution in [3.8, 4) is 0 Å². The minimum atomic E-state index is -1.43. The van der Waals surface area contributed by atoms with Crippen molar-refractivity contribution in [3.05, 3.63) is 71.1 Å². The van der Waals surface area contributed by atoms with Crippen LogP contribution in [0.1, 0.15) is 0 Å². The Kier molecular flexibility index (Phi) is 2.89. The summed E-state index contributed by atoms with van der Waals surface area (Å²) in [6.07, 6.45) is 0. The average Bonchev–Trinajstić information content (AvgIpc) is 2.66. The quantitative estimate of drug-likeness (QED) is 0.362. The van der Waals surface area contributed by atoms with Gasteiger partial charge in [0.05, 0.1) is 0 Å². The number of rotatable bonds is 0. The molecule has 0 bridgehead atoms. The van der Waals surface area contributed by atoms with Crippen LogP contribution >= 0.6 is 0 Å². The topological polar surface area (TPSA) is 34.1 Å². The first kappa shape index (κ1) is 14.9. The van der Waals surface area contributed by atoms with Gasteiger partial charge >= 0.3 is 0 Å². The fraction of sp³-hybridized carbons (Fsp3) is 0. The Bertz CT molecular complexity index is 1320. The molecule has 1 aliphatic carbocycles. The van der Waals surface area contributed by atoms with Crippen LogP contribution < -0.4 is 10.4 Å². The van der Waals surface area contributed by atoms with Crippen LogP contribution in [-0.4, -0.2) is 11.6 Å². The van der Waals surface area contributed by atoms with E-state index in [1.807, 2.05) is 48.5 Å². The zero-order valence-corrected chi connectivity index (χ0v) is 13.3. The van der Waals surface area contributed by atoms with Gasteiger partial charge in [-0.25, -0.2) is 8.78 Å². The molecule has 2 nitrogen and oxygen atoms in total. The molecule has 0 saturated heterocycles. The van der Waals surface area contributed by atoms with Crippen molar-refractivity contribution in [2.24, 2.45) is 0 Å². The lowest BCUT2D eigenvalue weighted by molar-refractivity contribution is -0.131. The second-order valence-corrected chi connectivity index (χ2v) is 6.43. The van der Waals surface area contributed by atoms with Crippen molar-refractivity contribution < 1.29 is 18.4 Å². The summed E-state index contributed by atoms with van der Waals surface area (Å²) in [6, 6.07) is 18.6. The van der Waals surface area contributed by atoms with Gasteiger partial charge < -0.3 is 0 Å². The summed E-state index contributed by atoms with van der Waals surface area (Å²) < 4.78 is 28.4. The van der Waals surface area contributed by atoms with Crippen molar-refractivity contribution in [2.45, 2.75) is 0 Å². The van der Waals surface area contributed by atoms with Gasteiger partial charge in [-0.2, -0.15) is 0 Å². The van der Waals surface area contributed by atoms with Gasteiger partial charge in [0.1, 0.15) is 0 Å². The molecule has 5 rings (SSSR count). The van der Waals surface area contributed by atoms with Crippen molar-refractivity contribution in [1.29, 1.82) is 0 Å². The minimum absolute atomic E-state index is 0.167. The molecule has 4 heteroatoms. The molecule has 0 atom stereocenters. The lowest BCUT2D eigenvalue weighted by Gasteiger charge is -2.08. The number of benzene rings is 4. The van der Waals surface area contributed by atoms with Crippen molar-refractivity contribution in [2.75, 3.05) is 0 Å². The van der Waals surface area contributed by atoms with Gasteiger partial charge in [0.2, 0.25) is 0 Å². The van der Waals surface area contributed by atoms with Crippen molar-refractivity contribution >= 4 is 55.5 Å². The molecular weight excluding hydrogens is 334 g/mol. The lowest BCUT2D eigenvalue weighted by atomic mass is 9.96. The summed E-state index contributed by atoms with van der Waals surface area (Å²) in [7, 11) is 0. The number of halogens is 2. The highest BCUT2D eigenvalue weighted by atomic mass is 19.1. The number of hydrogen-bond donors (Lipinski definition) is 0. The van der Waals surface area contributed by atoms with E-state index in [0.717, 1.165) is 21.5 Å². The van der Waals surface area contributed by atoms with Crippen LogP contribution in [0.3, 0.4) is 0 Å². The third kappa shape index (κ3) is 1.96. The first-order valence-electron chi connectivity index (χ1n) is 8.08. The summed E-state index contributed by atoms with van der Waals surface area (Å²) in [4.78, 5) is 23.1. The molecule has 4 aromatic carbocycles. The van der Waals surface area contributed by atoms with Gasteiger partial charge in [0, 0.05) is 10.4 Å². The number of ketones is 2. The van der Waals surface area contributed by atoms with E-state index in [9.17, 15) is 18.4 Å². The van der Waals surface area contributed by atoms with Crippen LogP contribution in [-0.2, 0) is 9.59 Å². The standard InChI is InChI=1S/C22H10F2O2/c23-19-17-9-15-7-13-5-11-3-1-2-4-12(11)6-14(13)8-16(15)10-18(17)20(24)22(26)21(19)25/h1-10H. The number of carbonyl (C=O) groups excluding carboxylic acids is 2. The fourth-order valence-electron chi connectivity index (χ4n) is 3.55. The van der Waals surface area contributed by atoms with E-state index in [4.69, 9.17) is 0 Å². The molecule has 124 valence electrons. The average molecular weight is 344 g/mol. The minimum Gasteiger partial charge on any atom is -0.282 e. The van der Waals surface area contributed by atoms with E-state index in [0.29, 0.717) is 10.8 Å². The van der Waals surface area contributed by atoms with E-state index >= 15 is 0 Å². The van der Waals surface area contributed by atoms with E-state index < -0.39 is 23.2 Å². The second kappa shape index (κ2) is 5.05. The van der Waals surface area contributed by atoms with E-state index in [1.54, 1.807) is 0 Å². The highest BCUT2D eigenvalue weighted by Crippen LogP contribution is 2.27. The first-order chi connectivity index (χ1) is 12.5. The van der Waals surface area contributed by atoms with Crippen LogP contribution in [0.5, 0.6) is 0 Å². The Morgan fingerprint density at radius 1 is 0.500 bits per heavy atom. The normalized spacial score (nSPS) is 14.5. The third-order valence-electron chi connectivity index (χ3n) is 4.87. The molecule has 0 N–H and O–H groups in total. The predicted octanol–water partition coefficient (Wildman–Crippen LogP) is 3.45. The molecule has 0 amide bonds.